The molecule has 6 heteroatoms. The van der Waals surface area contributed by atoms with E-state index in [1.807, 2.05) is 0 Å². The quantitative estimate of drug-likeness (QED) is 0.582. The van der Waals surface area contributed by atoms with E-state index in [1.54, 1.807) is 21.3 Å². The van der Waals surface area contributed by atoms with E-state index in [9.17, 15) is 0 Å². The normalized spacial score (nSPS) is 30.7. The summed E-state index contributed by atoms with van der Waals surface area (Å²) in [6, 6.07) is 0. The van der Waals surface area contributed by atoms with E-state index in [1.165, 1.54) is 0 Å². The van der Waals surface area contributed by atoms with Gasteiger partial charge in [0.25, 0.3) is 0 Å². The molecule has 1 heterocycles. The Morgan fingerprint density at radius 2 is 2.06 bits per heavy atom. The summed E-state index contributed by atoms with van der Waals surface area (Å²) >= 11 is 0. The third-order valence-electron chi connectivity index (χ3n) is 2.91. The summed E-state index contributed by atoms with van der Waals surface area (Å²) < 4.78 is 26.9. The van der Waals surface area contributed by atoms with Crippen LogP contribution < -0.4 is 0 Å². The van der Waals surface area contributed by atoms with Crippen LogP contribution in [-0.4, -0.2) is 77.3 Å². The summed E-state index contributed by atoms with van der Waals surface area (Å²) in [6.45, 7) is 1.13. The Morgan fingerprint density at radius 1 is 1.29 bits per heavy atom. The Balaban J connectivity index is 2.49. The molecule has 0 amide bonds. The van der Waals surface area contributed by atoms with Crippen LogP contribution in [0.5, 0.6) is 0 Å². The van der Waals surface area contributed by atoms with Gasteiger partial charge in [-0.25, -0.2) is 0 Å². The number of hydrogen-bond acceptors (Lipinski definition) is 6. The van der Waals surface area contributed by atoms with Crippen molar-refractivity contribution in [1.82, 2.24) is 0 Å². The van der Waals surface area contributed by atoms with E-state index >= 15 is 0 Å². The maximum Gasteiger partial charge on any atom is 0.115 e. The van der Waals surface area contributed by atoms with Crippen LogP contribution in [0.1, 0.15) is 0 Å². The fourth-order valence-corrected chi connectivity index (χ4v) is 1.98. The molecule has 1 N–H and O–H groups in total. The molecule has 0 aromatic carbocycles. The van der Waals surface area contributed by atoms with Crippen molar-refractivity contribution in [1.29, 1.82) is 0 Å². The Morgan fingerprint density at radius 3 is 2.59 bits per heavy atom. The molecule has 1 aliphatic heterocycles. The summed E-state index contributed by atoms with van der Waals surface area (Å²) in [5.41, 5.74) is 0. The Kier molecular flexibility index (Phi) is 6.94. The Bertz CT molecular complexity index is 200. The van der Waals surface area contributed by atoms with Gasteiger partial charge in [0.2, 0.25) is 0 Å². The van der Waals surface area contributed by atoms with Gasteiger partial charge in [-0.2, -0.15) is 0 Å². The van der Waals surface area contributed by atoms with Crippen molar-refractivity contribution in [3.05, 3.63) is 0 Å². The van der Waals surface area contributed by atoms with Gasteiger partial charge >= 0.3 is 0 Å². The van der Waals surface area contributed by atoms with Gasteiger partial charge in [-0.05, 0) is 0 Å². The minimum absolute atomic E-state index is 0.00361. The second kappa shape index (κ2) is 7.97. The van der Waals surface area contributed by atoms with Crippen LogP contribution in [0.4, 0.5) is 0 Å². The van der Waals surface area contributed by atoms with Gasteiger partial charge in [0, 0.05) is 21.3 Å². The number of aliphatic hydroxyl groups excluding tert-OH is 1. The predicted molar refractivity (Wildman–Crippen MR) is 60.0 cm³/mol. The molecule has 0 bridgehead atoms. The lowest BCUT2D eigenvalue weighted by molar-refractivity contribution is -0.108. The minimum atomic E-state index is -0.230. The van der Waals surface area contributed by atoms with E-state index < -0.39 is 0 Å². The minimum Gasteiger partial charge on any atom is -0.394 e. The third-order valence-corrected chi connectivity index (χ3v) is 2.91. The van der Waals surface area contributed by atoms with E-state index in [-0.39, 0.29) is 37.6 Å². The number of rotatable bonds is 8. The van der Waals surface area contributed by atoms with Crippen LogP contribution >= 0.6 is 0 Å². The first-order valence-corrected chi connectivity index (χ1v) is 5.67. The van der Waals surface area contributed by atoms with E-state index in [0.717, 1.165) is 0 Å². The second-order valence-electron chi connectivity index (χ2n) is 3.85. The molecule has 0 radical (unpaired) electrons. The molecule has 1 rings (SSSR count). The average molecular weight is 250 g/mol. The van der Waals surface area contributed by atoms with Gasteiger partial charge in [0.05, 0.1) is 26.4 Å². The first-order chi connectivity index (χ1) is 8.28. The molecule has 0 spiro atoms. The topological polar surface area (TPSA) is 66.4 Å². The van der Waals surface area contributed by atoms with E-state index in [4.69, 9.17) is 28.8 Å². The van der Waals surface area contributed by atoms with Crippen molar-refractivity contribution in [3.8, 4) is 0 Å². The van der Waals surface area contributed by atoms with Gasteiger partial charge in [0.1, 0.15) is 24.4 Å². The fourth-order valence-electron chi connectivity index (χ4n) is 1.98. The number of aliphatic hydroxyl groups is 1. The lowest BCUT2D eigenvalue weighted by atomic mass is 10.1. The molecule has 4 unspecified atom stereocenters. The first-order valence-electron chi connectivity index (χ1n) is 5.67. The molecule has 6 nitrogen and oxygen atoms in total. The highest BCUT2D eigenvalue weighted by Crippen LogP contribution is 2.23. The zero-order valence-corrected chi connectivity index (χ0v) is 10.6. The first kappa shape index (κ1) is 14.8. The summed E-state index contributed by atoms with van der Waals surface area (Å²) in [6.07, 6.45) is -0.691. The van der Waals surface area contributed by atoms with Gasteiger partial charge in [-0.15, -0.1) is 0 Å². The smallest absolute Gasteiger partial charge is 0.115 e. The van der Waals surface area contributed by atoms with Gasteiger partial charge in [-0.3, -0.25) is 0 Å². The van der Waals surface area contributed by atoms with Gasteiger partial charge < -0.3 is 28.8 Å². The Hall–Kier alpha value is -0.240. The standard InChI is InChI=1S/C11H22O6/c1-13-8(6-16-5-4-12)11-10(15-3)9(14-2)7-17-11/h8-12H,4-7H2,1-3H3. The third kappa shape index (κ3) is 3.87. The molecule has 4 atom stereocenters. The zero-order valence-electron chi connectivity index (χ0n) is 10.6. The average Bonchev–Trinajstić information content (AvgIpc) is 2.77. The Labute approximate surface area is 102 Å². The molecule has 0 saturated carbocycles. The van der Waals surface area contributed by atoms with Crippen LogP contribution in [0, 0.1) is 0 Å². The predicted octanol–water partition coefficient (Wildman–Crippen LogP) is -0.561. The number of hydrogen-bond donors (Lipinski definition) is 1. The van der Waals surface area contributed by atoms with Crippen molar-refractivity contribution < 1.29 is 28.8 Å². The molecule has 17 heavy (non-hydrogen) atoms. The maximum absolute atomic E-state index is 8.65. The van der Waals surface area contributed by atoms with Crippen LogP contribution in [-0.2, 0) is 23.7 Å². The summed E-state index contributed by atoms with van der Waals surface area (Å²) in [5, 5.41) is 8.65. The number of methoxy groups -OCH3 is 3. The highest BCUT2D eigenvalue weighted by Gasteiger charge is 2.42. The second-order valence-corrected chi connectivity index (χ2v) is 3.85. The molecule has 0 aliphatic carbocycles. The van der Waals surface area contributed by atoms with Crippen molar-refractivity contribution >= 4 is 0 Å². The van der Waals surface area contributed by atoms with Crippen LogP contribution in [0.25, 0.3) is 0 Å². The molecule has 1 fully saturated rings. The fraction of sp³-hybridized carbons (Fsp3) is 1.00. The maximum atomic E-state index is 8.65. The highest BCUT2D eigenvalue weighted by molar-refractivity contribution is 4.90. The van der Waals surface area contributed by atoms with E-state index in [0.29, 0.717) is 13.2 Å². The SMILES string of the molecule is COC1COC(C(COCCO)OC)C1OC. The van der Waals surface area contributed by atoms with Crippen molar-refractivity contribution in [2.45, 2.75) is 24.4 Å². The molecule has 1 aliphatic rings. The lowest BCUT2D eigenvalue weighted by Gasteiger charge is -2.26. The zero-order chi connectivity index (χ0) is 12.7. The molecule has 0 aromatic rings. The van der Waals surface area contributed by atoms with Crippen LogP contribution in [0.15, 0.2) is 0 Å². The largest absolute Gasteiger partial charge is 0.394 e. The molecule has 1 saturated heterocycles. The molecule has 102 valence electrons. The van der Waals surface area contributed by atoms with Gasteiger partial charge in [-0.1, -0.05) is 0 Å². The van der Waals surface area contributed by atoms with Gasteiger partial charge in [0.15, 0.2) is 0 Å². The molecule has 0 aromatic heterocycles. The lowest BCUT2D eigenvalue weighted by Crippen LogP contribution is -2.43. The molecular weight excluding hydrogens is 228 g/mol. The van der Waals surface area contributed by atoms with Crippen LogP contribution in [0.2, 0.25) is 0 Å². The monoisotopic (exact) mass is 250 g/mol. The summed E-state index contributed by atoms with van der Waals surface area (Å²) in [4.78, 5) is 0. The van der Waals surface area contributed by atoms with Crippen molar-refractivity contribution in [2.75, 3.05) is 47.8 Å². The van der Waals surface area contributed by atoms with Crippen molar-refractivity contribution in [3.63, 3.8) is 0 Å². The van der Waals surface area contributed by atoms with Crippen molar-refractivity contribution in [2.24, 2.45) is 0 Å². The number of ether oxygens (including phenoxy) is 5. The molecular formula is C11H22O6. The van der Waals surface area contributed by atoms with Crippen LogP contribution in [0.3, 0.4) is 0 Å². The highest BCUT2D eigenvalue weighted by atomic mass is 16.6. The van der Waals surface area contributed by atoms with E-state index in [2.05, 4.69) is 0 Å². The summed E-state index contributed by atoms with van der Waals surface area (Å²) in [7, 11) is 4.86. The summed E-state index contributed by atoms with van der Waals surface area (Å²) in [5.74, 6) is 0.